The average molecular weight is 178 g/mol. The zero-order chi connectivity index (χ0) is 9.42. The van der Waals surface area contributed by atoms with Crippen molar-refractivity contribution in [3.63, 3.8) is 0 Å². The van der Waals surface area contributed by atoms with Gasteiger partial charge in [0.05, 0.1) is 6.33 Å². The minimum Gasteiger partial charge on any atom is -0.318 e. The van der Waals surface area contributed by atoms with Gasteiger partial charge in [-0.15, -0.1) is 0 Å². The number of anilines is 1. The summed E-state index contributed by atoms with van der Waals surface area (Å²) < 4.78 is 1.82. The monoisotopic (exact) mass is 178 g/mol. The van der Waals surface area contributed by atoms with E-state index in [0.29, 0.717) is 17.2 Å². The maximum atomic E-state index is 5.30. The summed E-state index contributed by atoms with van der Waals surface area (Å²) in [7, 11) is 1.88. The first-order valence-electron chi connectivity index (χ1n) is 3.84. The van der Waals surface area contributed by atoms with E-state index in [1.54, 1.807) is 6.33 Å². The van der Waals surface area contributed by atoms with Crippen LogP contribution in [0.2, 0.25) is 0 Å². The van der Waals surface area contributed by atoms with Gasteiger partial charge in [-0.3, -0.25) is 0 Å². The summed E-state index contributed by atoms with van der Waals surface area (Å²) in [6.45, 7) is 1.81. The standard InChI is InChI=1S/C7H10N6/c1-4-10-6(12-8)5-7(11-4)13(2)3-9-5/h3H,8H2,1-2H3,(H,10,11,12). The molecule has 0 fully saturated rings. The molecule has 0 radical (unpaired) electrons. The van der Waals surface area contributed by atoms with E-state index in [2.05, 4.69) is 20.4 Å². The molecule has 0 saturated carbocycles. The van der Waals surface area contributed by atoms with Crippen LogP contribution in [0.4, 0.5) is 5.82 Å². The number of hydrazine groups is 1. The molecular weight excluding hydrogens is 168 g/mol. The second-order valence-corrected chi connectivity index (χ2v) is 2.79. The molecule has 0 aliphatic carbocycles. The Hall–Kier alpha value is -1.69. The summed E-state index contributed by atoms with van der Waals surface area (Å²) in [6.07, 6.45) is 1.68. The largest absolute Gasteiger partial charge is 0.318 e. The van der Waals surface area contributed by atoms with E-state index in [0.717, 1.165) is 5.65 Å². The average Bonchev–Trinajstić information content (AvgIpc) is 2.47. The highest BCUT2D eigenvalue weighted by atomic mass is 15.3. The van der Waals surface area contributed by atoms with Crippen LogP contribution in [0.25, 0.3) is 11.2 Å². The van der Waals surface area contributed by atoms with Gasteiger partial charge in [0.2, 0.25) is 0 Å². The number of nitrogens with one attached hydrogen (secondary N) is 1. The van der Waals surface area contributed by atoms with E-state index in [1.807, 2.05) is 18.5 Å². The molecule has 0 saturated heterocycles. The van der Waals surface area contributed by atoms with Crippen molar-refractivity contribution in [1.82, 2.24) is 19.5 Å². The molecule has 0 aromatic carbocycles. The first-order valence-corrected chi connectivity index (χ1v) is 3.84. The molecule has 0 unspecified atom stereocenters. The van der Waals surface area contributed by atoms with Crippen LogP contribution in [-0.4, -0.2) is 19.5 Å². The van der Waals surface area contributed by atoms with Crippen LogP contribution >= 0.6 is 0 Å². The highest BCUT2D eigenvalue weighted by Crippen LogP contribution is 2.16. The molecule has 6 heteroatoms. The van der Waals surface area contributed by atoms with Crippen molar-refractivity contribution in [3.05, 3.63) is 12.2 Å². The van der Waals surface area contributed by atoms with E-state index in [-0.39, 0.29) is 0 Å². The van der Waals surface area contributed by atoms with Gasteiger partial charge in [-0.2, -0.15) is 0 Å². The first kappa shape index (κ1) is 7.93. The predicted molar refractivity (Wildman–Crippen MR) is 48.9 cm³/mol. The smallest absolute Gasteiger partial charge is 0.172 e. The van der Waals surface area contributed by atoms with Crippen LogP contribution in [0.3, 0.4) is 0 Å². The number of nitrogens with zero attached hydrogens (tertiary/aromatic N) is 4. The number of hydrogen-bond donors (Lipinski definition) is 2. The van der Waals surface area contributed by atoms with Crippen molar-refractivity contribution in [1.29, 1.82) is 0 Å². The Balaban J connectivity index is 2.84. The van der Waals surface area contributed by atoms with E-state index < -0.39 is 0 Å². The van der Waals surface area contributed by atoms with Gasteiger partial charge in [0.25, 0.3) is 0 Å². The lowest BCUT2D eigenvalue weighted by molar-refractivity contribution is 0.919. The summed E-state index contributed by atoms with van der Waals surface area (Å²) >= 11 is 0. The Bertz CT molecular complexity index is 445. The third-order valence-corrected chi connectivity index (χ3v) is 1.81. The third-order valence-electron chi connectivity index (χ3n) is 1.81. The molecule has 0 atom stereocenters. The number of rotatable bonds is 1. The number of nitrogen functional groups attached to an aromatic ring is 1. The van der Waals surface area contributed by atoms with Crippen molar-refractivity contribution in [2.75, 3.05) is 5.43 Å². The number of hydrogen-bond acceptors (Lipinski definition) is 5. The van der Waals surface area contributed by atoms with Gasteiger partial charge >= 0.3 is 0 Å². The van der Waals surface area contributed by atoms with E-state index in [4.69, 9.17) is 5.84 Å². The van der Waals surface area contributed by atoms with Crippen LogP contribution in [0, 0.1) is 6.92 Å². The molecule has 6 nitrogen and oxygen atoms in total. The van der Waals surface area contributed by atoms with Crippen molar-refractivity contribution < 1.29 is 0 Å². The molecule has 2 aromatic rings. The molecule has 3 N–H and O–H groups in total. The zero-order valence-corrected chi connectivity index (χ0v) is 7.44. The Kier molecular flexibility index (Phi) is 1.63. The maximum absolute atomic E-state index is 5.30. The second kappa shape index (κ2) is 2.67. The summed E-state index contributed by atoms with van der Waals surface area (Å²) in [5, 5.41) is 0. The highest BCUT2D eigenvalue weighted by molar-refractivity contribution is 5.82. The molecule has 2 rings (SSSR count). The number of fused-ring (bicyclic) bond motifs is 1. The first-order chi connectivity index (χ1) is 6.22. The number of aryl methyl sites for hydroxylation is 2. The summed E-state index contributed by atoms with van der Waals surface area (Å²) in [6, 6.07) is 0. The fourth-order valence-electron chi connectivity index (χ4n) is 1.22. The van der Waals surface area contributed by atoms with Gasteiger partial charge in [-0.1, -0.05) is 0 Å². The summed E-state index contributed by atoms with van der Waals surface area (Å²) in [4.78, 5) is 12.5. The lowest BCUT2D eigenvalue weighted by atomic mass is 10.5. The third kappa shape index (κ3) is 1.11. The van der Waals surface area contributed by atoms with Crippen LogP contribution in [0.15, 0.2) is 6.33 Å². The maximum Gasteiger partial charge on any atom is 0.172 e. The molecule has 2 heterocycles. The molecule has 0 aliphatic rings. The Morgan fingerprint density at radius 1 is 1.46 bits per heavy atom. The van der Waals surface area contributed by atoms with E-state index in [9.17, 15) is 0 Å². The number of imidazole rings is 1. The predicted octanol–water partition coefficient (Wildman–Crippen LogP) is -0.0427. The summed E-state index contributed by atoms with van der Waals surface area (Å²) in [5.41, 5.74) is 3.97. The minimum absolute atomic E-state index is 0.558. The van der Waals surface area contributed by atoms with Crippen molar-refractivity contribution >= 4 is 17.0 Å². The quantitative estimate of drug-likeness (QED) is 0.473. The molecular formula is C7H10N6. The van der Waals surface area contributed by atoms with Gasteiger partial charge < -0.3 is 9.99 Å². The lowest BCUT2D eigenvalue weighted by Gasteiger charge is -2.01. The van der Waals surface area contributed by atoms with Gasteiger partial charge in [0, 0.05) is 7.05 Å². The SMILES string of the molecule is Cc1nc(NN)c2ncn(C)c2n1. The van der Waals surface area contributed by atoms with Gasteiger partial charge in [-0.25, -0.2) is 20.8 Å². The van der Waals surface area contributed by atoms with E-state index >= 15 is 0 Å². The lowest BCUT2D eigenvalue weighted by Crippen LogP contribution is -2.10. The fourth-order valence-corrected chi connectivity index (χ4v) is 1.22. The second-order valence-electron chi connectivity index (χ2n) is 2.79. The highest BCUT2D eigenvalue weighted by Gasteiger charge is 2.08. The molecule has 0 aliphatic heterocycles. The number of aromatic nitrogens is 4. The van der Waals surface area contributed by atoms with Gasteiger partial charge in [0.1, 0.15) is 5.82 Å². The normalized spacial score (nSPS) is 10.7. The van der Waals surface area contributed by atoms with Crippen LogP contribution in [0.1, 0.15) is 5.82 Å². The Labute approximate surface area is 74.8 Å². The van der Waals surface area contributed by atoms with Crippen LogP contribution < -0.4 is 11.3 Å². The molecule has 13 heavy (non-hydrogen) atoms. The topological polar surface area (TPSA) is 81.6 Å². The Morgan fingerprint density at radius 3 is 2.92 bits per heavy atom. The molecule has 0 spiro atoms. The summed E-state index contributed by atoms with van der Waals surface area (Å²) in [5.74, 6) is 6.53. The van der Waals surface area contributed by atoms with Gasteiger partial charge in [0.15, 0.2) is 17.0 Å². The van der Waals surface area contributed by atoms with Crippen LogP contribution in [-0.2, 0) is 7.05 Å². The Morgan fingerprint density at radius 2 is 2.23 bits per heavy atom. The number of nitrogens with two attached hydrogens (primary N) is 1. The molecule has 0 bridgehead atoms. The van der Waals surface area contributed by atoms with Crippen molar-refractivity contribution in [2.45, 2.75) is 6.92 Å². The molecule has 2 aromatic heterocycles. The van der Waals surface area contributed by atoms with Gasteiger partial charge in [-0.05, 0) is 6.92 Å². The van der Waals surface area contributed by atoms with Crippen molar-refractivity contribution in [3.8, 4) is 0 Å². The minimum atomic E-state index is 0.558. The van der Waals surface area contributed by atoms with Crippen molar-refractivity contribution in [2.24, 2.45) is 12.9 Å². The fraction of sp³-hybridized carbons (Fsp3) is 0.286. The van der Waals surface area contributed by atoms with Crippen LogP contribution in [0.5, 0.6) is 0 Å². The molecule has 68 valence electrons. The molecule has 0 amide bonds. The van der Waals surface area contributed by atoms with E-state index in [1.165, 1.54) is 0 Å². The zero-order valence-electron chi connectivity index (χ0n) is 7.44.